The van der Waals surface area contributed by atoms with E-state index in [1.807, 2.05) is 0 Å². The number of anilines is 6. The molecule has 51 heavy (non-hydrogen) atoms. The Kier molecular flexibility index (Phi) is 10.8. The molecular formula is C49H50N2. The summed E-state index contributed by atoms with van der Waals surface area (Å²) in [5.74, 6) is 0. The Hall–Kier alpha value is -5.34. The average Bonchev–Trinajstić information content (AvgIpc) is 3.45. The lowest BCUT2D eigenvalue weighted by Gasteiger charge is -2.35. The van der Waals surface area contributed by atoms with Gasteiger partial charge < -0.3 is 9.80 Å². The average molecular weight is 667 g/mol. The standard InChI is InChI=1S/C49H50N2/c1-3-5-7-21-35-49(36-22-8-6-4-2)47-37-43(50(39-23-13-9-14-24-39)40-25-15-10-16-26-40)31-33-45(47)46-34-32-44(38-48(46)49)51(41-27-17-11-18-28-41)42-29-19-12-20-30-42/h3,9-20,23-34,37-38H,1,4-8,21-22,35-36H2,2H3. The summed E-state index contributed by atoms with van der Waals surface area (Å²) in [5.41, 5.74) is 12.7. The molecule has 0 N–H and O–H groups in total. The van der Waals surface area contributed by atoms with Crippen LogP contribution < -0.4 is 9.80 Å². The molecule has 2 nitrogen and oxygen atoms in total. The number of unbranched alkanes of at least 4 members (excludes halogenated alkanes) is 5. The molecule has 2 heteroatoms. The molecule has 0 fully saturated rings. The summed E-state index contributed by atoms with van der Waals surface area (Å²) in [7, 11) is 0. The highest BCUT2D eigenvalue weighted by Gasteiger charge is 2.43. The molecule has 6 aromatic carbocycles. The van der Waals surface area contributed by atoms with Gasteiger partial charge in [0.05, 0.1) is 0 Å². The monoisotopic (exact) mass is 666 g/mol. The molecule has 0 atom stereocenters. The Morgan fingerprint density at radius 1 is 0.451 bits per heavy atom. The van der Waals surface area contributed by atoms with Crippen LogP contribution in [0.25, 0.3) is 11.1 Å². The van der Waals surface area contributed by atoms with E-state index in [0.29, 0.717) is 0 Å². The summed E-state index contributed by atoms with van der Waals surface area (Å²) in [5, 5.41) is 0. The van der Waals surface area contributed by atoms with Gasteiger partial charge in [-0.2, -0.15) is 0 Å². The molecule has 7 rings (SSSR count). The second kappa shape index (κ2) is 16.1. The van der Waals surface area contributed by atoms with Gasteiger partial charge in [0.1, 0.15) is 0 Å². The highest BCUT2D eigenvalue weighted by Crippen LogP contribution is 2.57. The Balaban J connectivity index is 1.42. The van der Waals surface area contributed by atoms with Crippen molar-refractivity contribution in [1.29, 1.82) is 0 Å². The first-order valence-electron chi connectivity index (χ1n) is 18.9. The Bertz CT molecular complexity index is 1790. The van der Waals surface area contributed by atoms with E-state index in [1.54, 1.807) is 0 Å². The predicted octanol–water partition coefficient (Wildman–Crippen LogP) is 14.6. The maximum Gasteiger partial charge on any atom is 0.0465 e. The highest BCUT2D eigenvalue weighted by molar-refractivity contribution is 5.88. The molecule has 0 heterocycles. The molecule has 0 unspecified atom stereocenters. The molecule has 0 aromatic heterocycles. The Morgan fingerprint density at radius 3 is 1.22 bits per heavy atom. The molecule has 0 bridgehead atoms. The third-order valence-corrected chi connectivity index (χ3v) is 10.6. The maximum atomic E-state index is 4.06. The van der Waals surface area contributed by atoms with Gasteiger partial charge in [0.25, 0.3) is 0 Å². The normalized spacial score (nSPS) is 12.6. The fourth-order valence-electron chi connectivity index (χ4n) is 8.18. The summed E-state index contributed by atoms with van der Waals surface area (Å²) >= 11 is 0. The zero-order valence-corrected chi connectivity index (χ0v) is 30.1. The van der Waals surface area contributed by atoms with Crippen molar-refractivity contribution in [2.24, 2.45) is 0 Å². The van der Waals surface area contributed by atoms with Crippen LogP contribution in [0.3, 0.4) is 0 Å². The molecule has 0 saturated heterocycles. The number of rotatable bonds is 16. The van der Waals surface area contributed by atoms with Crippen LogP contribution in [0.5, 0.6) is 0 Å². The zero-order chi connectivity index (χ0) is 34.9. The van der Waals surface area contributed by atoms with Crippen LogP contribution in [-0.2, 0) is 5.41 Å². The van der Waals surface area contributed by atoms with Gasteiger partial charge >= 0.3 is 0 Å². The molecule has 6 aromatic rings. The number of fused-ring (bicyclic) bond motifs is 3. The van der Waals surface area contributed by atoms with E-state index < -0.39 is 0 Å². The van der Waals surface area contributed by atoms with Crippen LogP contribution >= 0.6 is 0 Å². The lowest BCUT2D eigenvalue weighted by Crippen LogP contribution is -2.26. The quantitative estimate of drug-likeness (QED) is 0.0749. The summed E-state index contributed by atoms with van der Waals surface area (Å²) in [6.07, 6.45) is 12.7. The first-order valence-corrected chi connectivity index (χ1v) is 18.9. The van der Waals surface area contributed by atoms with Crippen LogP contribution in [0.4, 0.5) is 34.1 Å². The van der Waals surface area contributed by atoms with Crippen LogP contribution in [-0.4, -0.2) is 0 Å². The number of para-hydroxylation sites is 4. The van der Waals surface area contributed by atoms with Crippen molar-refractivity contribution in [2.45, 2.75) is 70.1 Å². The van der Waals surface area contributed by atoms with E-state index in [2.05, 4.69) is 187 Å². The van der Waals surface area contributed by atoms with E-state index >= 15 is 0 Å². The van der Waals surface area contributed by atoms with Gasteiger partial charge in [-0.05, 0) is 121 Å². The SMILES string of the molecule is C=CCCCCC1(CCCCCC)c2cc(N(c3ccccc3)c3ccccc3)ccc2-c2ccc(N(c3ccccc3)c3ccccc3)cc21. The minimum Gasteiger partial charge on any atom is -0.310 e. The van der Waals surface area contributed by atoms with E-state index in [9.17, 15) is 0 Å². The molecule has 1 aliphatic carbocycles. The van der Waals surface area contributed by atoms with E-state index in [-0.39, 0.29) is 5.41 Å². The fraction of sp³-hybridized carbons (Fsp3) is 0.224. The molecule has 0 radical (unpaired) electrons. The second-order valence-corrected chi connectivity index (χ2v) is 13.9. The van der Waals surface area contributed by atoms with Gasteiger partial charge in [0, 0.05) is 39.5 Å². The predicted molar refractivity (Wildman–Crippen MR) is 219 cm³/mol. The Morgan fingerprint density at radius 2 is 0.843 bits per heavy atom. The number of hydrogen-bond donors (Lipinski definition) is 0. The van der Waals surface area contributed by atoms with Crippen molar-refractivity contribution in [3.05, 3.63) is 182 Å². The van der Waals surface area contributed by atoms with Crippen molar-refractivity contribution >= 4 is 34.1 Å². The van der Waals surface area contributed by atoms with Crippen molar-refractivity contribution in [1.82, 2.24) is 0 Å². The molecule has 0 amide bonds. The third kappa shape index (κ3) is 7.14. The van der Waals surface area contributed by atoms with Crippen LogP contribution in [0.1, 0.15) is 75.8 Å². The van der Waals surface area contributed by atoms with Gasteiger partial charge in [-0.1, -0.05) is 130 Å². The summed E-state index contributed by atoms with van der Waals surface area (Å²) in [6, 6.07) is 57.8. The van der Waals surface area contributed by atoms with Gasteiger partial charge in [-0.3, -0.25) is 0 Å². The minimum atomic E-state index is -0.0936. The molecular weight excluding hydrogens is 617 g/mol. The van der Waals surface area contributed by atoms with Gasteiger partial charge in [-0.15, -0.1) is 6.58 Å². The number of nitrogens with zero attached hydrogens (tertiary/aromatic N) is 2. The van der Waals surface area contributed by atoms with E-state index in [0.717, 1.165) is 32.1 Å². The molecule has 0 aliphatic heterocycles. The van der Waals surface area contributed by atoms with Crippen molar-refractivity contribution in [3.63, 3.8) is 0 Å². The summed E-state index contributed by atoms with van der Waals surface area (Å²) in [6.45, 7) is 6.37. The highest BCUT2D eigenvalue weighted by atomic mass is 15.1. The molecule has 0 spiro atoms. The summed E-state index contributed by atoms with van der Waals surface area (Å²) < 4.78 is 0. The molecule has 1 aliphatic rings. The number of allylic oxidation sites excluding steroid dienone is 1. The minimum absolute atomic E-state index is 0.0936. The number of hydrogen-bond acceptors (Lipinski definition) is 2. The van der Waals surface area contributed by atoms with Crippen LogP contribution in [0, 0.1) is 0 Å². The third-order valence-electron chi connectivity index (χ3n) is 10.6. The van der Waals surface area contributed by atoms with Crippen LogP contribution in [0.2, 0.25) is 0 Å². The second-order valence-electron chi connectivity index (χ2n) is 13.9. The smallest absolute Gasteiger partial charge is 0.0465 e. The fourth-order valence-corrected chi connectivity index (χ4v) is 8.18. The Labute approximate surface area is 305 Å². The lowest BCUT2D eigenvalue weighted by atomic mass is 9.70. The van der Waals surface area contributed by atoms with Crippen molar-refractivity contribution in [3.8, 4) is 11.1 Å². The van der Waals surface area contributed by atoms with Gasteiger partial charge in [-0.25, -0.2) is 0 Å². The summed E-state index contributed by atoms with van der Waals surface area (Å²) in [4.78, 5) is 4.83. The first kappa shape index (κ1) is 34.1. The zero-order valence-electron chi connectivity index (χ0n) is 30.1. The van der Waals surface area contributed by atoms with Gasteiger partial charge in [0.2, 0.25) is 0 Å². The maximum absolute atomic E-state index is 4.06. The number of benzene rings is 6. The molecule has 256 valence electrons. The topological polar surface area (TPSA) is 6.48 Å². The van der Waals surface area contributed by atoms with Gasteiger partial charge in [0.15, 0.2) is 0 Å². The van der Waals surface area contributed by atoms with E-state index in [4.69, 9.17) is 0 Å². The van der Waals surface area contributed by atoms with E-state index in [1.165, 1.54) is 82.1 Å². The molecule has 0 saturated carbocycles. The van der Waals surface area contributed by atoms with Crippen LogP contribution in [0.15, 0.2) is 170 Å². The first-order chi connectivity index (χ1) is 25.2. The van der Waals surface area contributed by atoms with Crippen molar-refractivity contribution < 1.29 is 0 Å². The largest absolute Gasteiger partial charge is 0.310 e. The lowest BCUT2D eigenvalue weighted by molar-refractivity contribution is 0.405. The van der Waals surface area contributed by atoms with Crippen molar-refractivity contribution in [2.75, 3.05) is 9.80 Å².